The number of halogens is 2. The maximum absolute atomic E-state index is 6.11. The normalized spacial score (nSPS) is 20.2. The number of nitrogens with zero attached hydrogens (tertiary/aromatic N) is 3. The SMILES string of the molecule is CN1/C(=N/c2ccc(CCNc3nc4cc(Cl)c(Cl)cc4s3)cc2)SC2Cc3ccccc3[C@@H]21. The third-order valence-corrected chi connectivity index (χ3v) is 9.42. The number of benzene rings is 3. The lowest BCUT2D eigenvalue weighted by molar-refractivity contribution is 0.402. The fourth-order valence-corrected chi connectivity index (χ4v) is 7.43. The molecule has 8 heteroatoms. The number of aliphatic imine (C=N–C) groups is 1. The molecule has 0 amide bonds. The van der Waals surface area contributed by atoms with E-state index in [1.807, 2.05) is 23.9 Å². The van der Waals surface area contributed by atoms with Gasteiger partial charge in [-0.1, -0.05) is 82.7 Å². The number of amidine groups is 1. The molecule has 1 N–H and O–H groups in total. The van der Waals surface area contributed by atoms with Crippen molar-refractivity contribution in [3.8, 4) is 0 Å². The number of rotatable bonds is 5. The minimum Gasteiger partial charge on any atom is -0.361 e. The summed E-state index contributed by atoms with van der Waals surface area (Å²) < 4.78 is 1.03. The summed E-state index contributed by atoms with van der Waals surface area (Å²) in [7, 11) is 2.17. The van der Waals surface area contributed by atoms with E-state index in [4.69, 9.17) is 28.2 Å². The van der Waals surface area contributed by atoms with Crippen LogP contribution in [0.2, 0.25) is 10.0 Å². The zero-order valence-corrected chi connectivity index (χ0v) is 21.6. The Labute approximate surface area is 217 Å². The maximum Gasteiger partial charge on any atom is 0.183 e. The Morgan fingerprint density at radius 3 is 2.74 bits per heavy atom. The van der Waals surface area contributed by atoms with Crippen LogP contribution in [-0.2, 0) is 12.8 Å². The van der Waals surface area contributed by atoms with Crippen molar-refractivity contribution in [2.75, 3.05) is 18.9 Å². The first-order valence-corrected chi connectivity index (χ1v) is 13.6. The topological polar surface area (TPSA) is 40.5 Å². The van der Waals surface area contributed by atoms with Crippen molar-refractivity contribution < 1.29 is 0 Å². The number of aromatic nitrogens is 1. The molecule has 4 aromatic rings. The molecule has 6 rings (SSSR count). The van der Waals surface area contributed by atoms with E-state index in [0.29, 0.717) is 21.3 Å². The largest absolute Gasteiger partial charge is 0.361 e. The average molecular weight is 526 g/mol. The summed E-state index contributed by atoms with van der Waals surface area (Å²) in [6.45, 7) is 0.802. The van der Waals surface area contributed by atoms with Gasteiger partial charge in [0.05, 0.1) is 32.0 Å². The van der Waals surface area contributed by atoms with Gasteiger partial charge in [0.2, 0.25) is 0 Å². The first-order chi connectivity index (χ1) is 16.5. The summed E-state index contributed by atoms with van der Waals surface area (Å²) in [6, 6.07) is 21.5. The molecule has 2 atom stereocenters. The molecule has 1 saturated heterocycles. The van der Waals surface area contributed by atoms with Gasteiger partial charge in [0.15, 0.2) is 10.3 Å². The van der Waals surface area contributed by atoms with Crippen LogP contribution in [0.5, 0.6) is 0 Å². The molecule has 1 aromatic heterocycles. The molecule has 0 spiro atoms. The summed E-state index contributed by atoms with van der Waals surface area (Å²) in [6.07, 6.45) is 2.03. The molecule has 0 radical (unpaired) electrons. The second-order valence-corrected chi connectivity index (χ2v) is 11.7. The van der Waals surface area contributed by atoms with Crippen molar-refractivity contribution in [3.05, 3.63) is 87.4 Å². The number of fused-ring (bicyclic) bond motifs is 4. The number of nitrogens with one attached hydrogen (secondary N) is 1. The fourth-order valence-electron chi connectivity index (χ4n) is 4.70. The zero-order chi connectivity index (χ0) is 23.2. The van der Waals surface area contributed by atoms with Crippen molar-refractivity contribution in [1.29, 1.82) is 0 Å². The number of hydrogen-bond acceptors (Lipinski definition) is 5. The molecule has 1 aliphatic carbocycles. The van der Waals surface area contributed by atoms with Crippen molar-refractivity contribution in [3.63, 3.8) is 0 Å². The molecule has 1 unspecified atom stereocenters. The van der Waals surface area contributed by atoms with Gasteiger partial charge < -0.3 is 10.2 Å². The summed E-state index contributed by atoms with van der Waals surface area (Å²) in [5.74, 6) is 0. The van der Waals surface area contributed by atoms with Crippen LogP contribution in [0.4, 0.5) is 10.8 Å². The Bertz CT molecular complexity index is 1360. The van der Waals surface area contributed by atoms with Gasteiger partial charge in [-0.25, -0.2) is 9.98 Å². The number of hydrogen-bond donors (Lipinski definition) is 1. The van der Waals surface area contributed by atoms with E-state index >= 15 is 0 Å². The lowest BCUT2D eigenvalue weighted by Gasteiger charge is -2.21. The van der Waals surface area contributed by atoms with E-state index in [1.54, 1.807) is 11.3 Å². The fraction of sp³-hybridized carbons (Fsp3) is 0.231. The minimum absolute atomic E-state index is 0.430. The van der Waals surface area contributed by atoms with Crippen LogP contribution in [0, 0.1) is 0 Å². The van der Waals surface area contributed by atoms with Crippen LogP contribution in [0.3, 0.4) is 0 Å². The number of anilines is 1. The Balaban J connectivity index is 1.08. The molecular formula is C26H22Cl2N4S2. The Morgan fingerprint density at radius 2 is 1.88 bits per heavy atom. The van der Waals surface area contributed by atoms with Gasteiger partial charge in [0.1, 0.15) is 0 Å². The Morgan fingerprint density at radius 1 is 1.09 bits per heavy atom. The van der Waals surface area contributed by atoms with Crippen LogP contribution < -0.4 is 5.32 Å². The van der Waals surface area contributed by atoms with Crippen LogP contribution in [0.25, 0.3) is 10.2 Å². The van der Waals surface area contributed by atoms with Crippen molar-refractivity contribution in [1.82, 2.24) is 9.88 Å². The van der Waals surface area contributed by atoms with Crippen LogP contribution in [0.15, 0.2) is 65.7 Å². The van der Waals surface area contributed by atoms with Crippen LogP contribution in [0.1, 0.15) is 22.7 Å². The van der Waals surface area contributed by atoms with Crippen molar-refractivity contribution >= 4 is 72.5 Å². The Kier molecular flexibility index (Phi) is 5.94. The molecule has 34 heavy (non-hydrogen) atoms. The molecule has 4 nitrogen and oxygen atoms in total. The molecule has 1 aliphatic heterocycles. The highest BCUT2D eigenvalue weighted by Gasteiger charge is 2.43. The molecular weight excluding hydrogens is 503 g/mol. The molecule has 1 fully saturated rings. The minimum atomic E-state index is 0.430. The van der Waals surface area contributed by atoms with E-state index in [0.717, 1.165) is 45.6 Å². The van der Waals surface area contributed by atoms with E-state index in [1.165, 1.54) is 16.7 Å². The summed E-state index contributed by atoms with van der Waals surface area (Å²) in [5.41, 5.74) is 6.07. The van der Waals surface area contributed by atoms with E-state index < -0.39 is 0 Å². The van der Waals surface area contributed by atoms with Gasteiger partial charge in [0, 0.05) is 18.8 Å². The molecule has 2 aliphatic rings. The zero-order valence-electron chi connectivity index (χ0n) is 18.5. The standard InChI is InChI=1S/C26H22Cl2N4S2/c1-32-24-18-5-3-2-4-16(18)12-23(24)34-26(32)30-17-8-6-15(7-9-17)10-11-29-25-31-21-13-19(27)20(28)14-22(21)33-25/h2-9,13-14,23-24H,10-12H2,1H3,(H,29,31)/b30-26-/t23?,24-/m0/s1. The van der Waals surface area contributed by atoms with Crippen molar-refractivity contribution in [2.24, 2.45) is 4.99 Å². The second-order valence-electron chi connectivity index (χ2n) is 8.61. The van der Waals surface area contributed by atoms with Gasteiger partial charge in [-0.2, -0.15) is 0 Å². The summed E-state index contributed by atoms with van der Waals surface area (Å²) in [5, 5.41) is 7.05. The van der Waals surface area contributed by atoms with Crippen molar-refractivity contribution in [2.45, 2.75) is 24.1 Å². The van der Waals surface area contributed by atoms with Gasteiger partial charge >= 0.3 is 0 Å². The highest BCUT2D eigenvalue weighted by molar-refractivity contribution is 8.14. The van der Waals surface area contributed by atoms with E-state index in [9.17, 15) is 0 Å². The molecule has 172 valence electrons. The van der Waals surface area contributed by atoms with Gasteiger partial charge in [-0.3, -0.25) is 0 Å². The third-order valence-electron chi connectivity index (χ3n) is 6.40. The quantitative estimate of drug-likeness (QED) is 0.292. The molecule has 0 saturated carbocycles. The Hall–Kier alpha value is -2.25. The number of thiazole rings is 1. The summed E-state index contributed by atoms with van der Waals surface area (Å²) >= 11 is 15.7. The maximum atomic E-state index is 6.11. The van der Waals surface area contributed by atoms with Crippen LogP contribution >= 0.6 is 46.3 Å². The van der Waals surface area contributed by atoms with Crippen LogP contribution in [-0.4, -0.2) is 33.9 Å². The highest BCUT2D eigenvalue weighted by atomic mass is 35.5. The first-order valence-electron chi connectivity index (χ1n) is 11.2. The predicted molar refractivity (Wildman–Crippen MR) is 147 cm³/mol. The third kappa shape index (κ3) is 4.17. The van der Waals surface area contributed by atoms with E-state index in [2.05, 4.69) is 70.8 Å². The molecule has 0 bridgehead atoms. The lowest BCUT2D eigenvalue weighted by Crippen LogP contribution is -2.23. The predicted octanol–water partition coefficient (Wildman–Crippen LogP) is 7.59. The number of thioether (sulfide) groups is 1. The summed E-state index contributed by atoms with van der Waals surface area (Å²) in [4.78, 5) is 11.9. The molecule has 3 aromatic carbocycles. The molecule has 2 heterocycles. The van der Waals surface area contributed by atoms with Gasteiger partial charge in [0.25, 0.3) is 0 Å². The van der Waals surface area contributed by atoms with E-state index in [-0.39, 0.29) is 0 Å². The highest BCUT2D eigenvalue weighted by Crippen LogP contribution is 2.48. The smallest absolute Gasteiger partial charge is 0.183 e. The first kappa shape index (κ1) is 22.2. The second kappa shape index (κ2) is 9.08. The lowest BCUT2D eigenvalue weighted by atomic mass is 10.1. The monoisotopic (exact) mass is 524 g/mol. The van der Waals surface area contributed by atoms with Gasteiger partial charge in [-0.15, -0.1) is 0 Å². The average Bonchev–Trinajstić information content (AvgIpc) is 3.48. The van der Waals surface area contributed by atoms with Gasteiger partial charge in [-0.05, 0) is 53.8 Å².